The van der Waals surface area contributed by atoms with Crippen molar-refractivity contribution in [1.82, 2.24) is 15.5 Å². The maximum absolute atomic E-state index is 13.5. The van der Waals surface area contributed by atoms with Gasteiger partial charge in [0.1, 0.15) is 0 Å². The number of rotatable bonds is 15. The first-order valence-electron chi connectivity index (χ1n) is 14.4. The third kappa shape index (κ3) is 9.00. The van der Waals surface area contributed by atoms with Crippen molar-refractivity contribution in [3.05, 3.63) is 71.3 Å². The number of hydrogen-bond acceptors (Lipinski definition) is 7. The Balaban J connectivity index is 1.66. The molecule has 3 rings (SSSR count). The van der Waals surface area contributed by atoms with Gasteiger partial charge >= 0.3 is 0 Å². The van der Waals surface area contributed by atoms with Crippen molar-refractivity contribution in [3.8, 4) is 0 Å². The summed E-state index contributed by atoms with van der Waals surface area (Å²) in [4.78, 5) is 64.7. The van der Waals surface area contributed by atoms with E-state index >= 15 is 0 Å². The average molecular weight is 596 g/mol. The van der Waals surface area contributed by atoms with Crippen LogP contribution in [0.1, 0.15) is 72.7 Å². The molecule has 0 radical (unpaired) electrons. The van der Waals surface area contributed by atoms with Gasteiger partial charge in [-0.2, -0.15) is 0 Å². The minimum atomic E-state index is -0.997. The highest BCUT2D eigenvalue weighted by atomic mass is 32.2. The lowest BCUT2D eigenvalue weighted by Crippen LogP contribution is -2.49. The molecule has 2 aromatic rings. The molecule has 0 fully saturated rings. The van der Waals surface area contributed by atoms with Crippen molar-refractivity contribution in [2.75, 3.05) is 13.6 Å². The number of aliphatic hydroxyl groups excluding tert-OH is 1. The largest absolute Gasteiger partial charge is 0.391 e. The highest BCUT2D eigenvalue weighted by molar-refractivity contribution is 8.14. The fraction of sp³-hybridized carbons (Fsp3) is 0.469. The molecule has 0 aliphatic carbocycles. The molecule has 9 nitrogen and oxygen atoms in total. The van der Waals surface area contributed by atoms with Gasteiger partial charge in [0.25, 0.3) is 11.8 Å². The molecule has 0 spiro atoms. The molecule has 0 saturated carbocycles. The zero-order chi connectivity index (χ0) is 30.8. The Kier molecular flexibility index (Phi) is 12.3. The Morgan fingerprint density at radius 1 is 0.905 bits per heavy atom. The Bertz CT molecular complexity index is 1230. The summed E-state index contributed by atoms with van der Waals surface area (Å²) < 4.78 is 0. The Morgan fingerprint density at radius 2 is 1.50 bits per heavy atom. The first kappa shape index (κ1) is 33.0. The molecule has 4 amide bonds. The van der Waals surface area contributed by atoms with E-state index in [4.69, 9.17) is 0 Å². The van der Waals surface area contributed by atoms with Crippen LogP contribution < -0.4 is 10.6 Å². The monoisotopic (exact) mass is 595 g/mol. The first-order chi connectivity index (χ1) is 20.0. The van der Waals surface area contributed by atoms with Crippen LogP contribution in [0.25, 0.3) is 0 Å². The van der Waals surface area contributed by atoms with E-state index in [1.165, 1.54) is 11.8 Å². The molecule has 42 heavy (non-hydrogen) atoms. The number of thioether (sulfide) groups is 1. The quantitative estimate of drug-likeness (QED) is 0.268. The summed E-state index contributed by atoms with van der Waals surface area (Å²) in [6.45, 7) is 5.47. The number of imide groups is 1. The molecule has 2 aromatic carbocycles. The van der Waals surface area contributed by atoms with Crippen LogP contribution in [0, 0.1) is 11.8 Å². The SMILES string of the molecule is CNC(=O)[C@@H](Cc1ccccc1)C[C@H](O)[C@H](CC(C)C)NC(=O)[C@H](CCCN1C(=O)c2ccccc2C1=O)SC(C)=O. The molecule has 10 heteroatoms. The first-order valence-corrected chi connectivity index (χ1v) is 15.3. The van der Waals surface area contributed by atoms with Gasteiger partial charge in [-0.1, -0.05) is 68.1 Å². The summed E-state index contributed by atoms with van der Waals surface area (Å²) in [7, 11) is 1.56. The zero-order valence-corrected chi connectivity index (χ0v) is 25.5. The summed E-state index contributed by atoms with van der Waals surface area (Å²) in [5.41, 5.74) is 1.70. The topological polar surface area (TPSA) is 133 Å². The summed E-state index contributed by atoms with van der Waals surface area (Å²) in [6, 6.07) is 15.6. The second-order valence-electron chi connectivity index (χ2n) is 11.1. The number of fused-ring (bicyclic) bond motifs is 1. The van der Waals surface area contributed by atoms with Gasteiger partial charge in [0.15, 0.2) is 5.12 Å². The smallest absolute Gasteiger partial charge is 0.261 e. The van der Waals surface area contributed by atoms with Crippen molar-refractivity contribution in [1.29, 1.82) is 0 Å². The molecular formula is C32H41N3O6S. The van der Waals surface area contributed by atoms with E-state index in [2.05, 4.69) is 10.6 Å². The third-order valence-electron chi connectivity index (χ3n) is 7.31. The lowest BCUT2D eigenvalue weighted by atomic mass is 9.88. The molecule has 1 aliphatic heterocycles. The molecule has 4 atom stereocenters. The normalized spacial score (nSPS) is 15.6. The number of benzene rings is 2. The van der Waals surface area contributed by atoms with Gasteiger partial charge in [0.05, 0.1) is 28.5 Å². The number of nitrogens with zero attached hydrogens (tertiary/aromatic N) is 1. The molecular weight excluding hydrogens is 554 g/mol. The molecule has 0 unspecified atom stereocenters. The number of carbonyl (C=O) groups is 5. The van der Waals surface area contributed by atoms with Gasteiger partial charge in [0, 0.05) is 26.4 Å². The standard InChI is InChI=1S/C32H41N3O6S/c1-20(2)17-26(27(37)19-23(29(38)33-4)18-22-11-6-5-7-12-22)34-30(39)28(42-21(3)36)15-10-16-35-31(40)24-13-8-9-14-25(24)32(35)41/h5-9,11-14,20,23,26-28,37H,10,15-19H2,1-4H3,(H,33,38)(H,34,39)/t23-,26-,27-,28-/m0/s1. The van der Waals surface area contributed by atoms with E-state index < -0.39 is 29.2 Å². The van der Waals surface area contributed by atoms with E-state index in [0.717, 1.165) is 17.3 Å². The minimum Gasteiger partial charge on any atom is -0.391 e. The maximum atomic E-state index is 13.5. The van der Waals surface area contributed by atoms with E-state index in [1.807, 2.05) is 44.2 Å². The fourth-order valence-electron chi connectivity index (χ4n) is 5.26. The van der Waals surface area contributed by atoms with Crippen molar-refractivity contribution < 1.29 is 29.1 Å². The molecule has 0 aromatic heterocycles. The Morgan fingerprint density at radius 3 is 2.05 bits per heavy atom. The number of nitrogens with one attached hydrogen (secondary N) is 2. The van der Waals surface area contributed by atoms with Crippen LogP contribution in [0.2, 0.25) is 0 Å². The predicted octanol–water partition coefficient (Wildman–Crippen LogP) is 3.60. The van der Waals surface area contributed by atoms with Crippen LogP contribution in [0.3, 0.4) is 0 Å². The summed E-state index contributed by atoms with van der Waals surface area (Å²) in [6.07, 6.45) is 0.658. The Hall–Kier alpha value is -3.50. The van der Waals surface area contributed by atoms with Crippen LogP contribution in [-0.4, -0.2) is 69.7 Å². The third-order valence-corrected chi connectivity index (χ3v) is 8.38. The van der Waals surface area contributed by atoms with Crippen LogP contribution in [0.15, 0.2) is 54.6 Å². The number of amides is 4. The van der Waals surface area contributed by atoms with Crippen LogP contribution in [0.4, 0.5) is 0 Å². The van der Waals surface area contributed by atoms with Crippen LogP contribution >= 0.6 is 11.8 Å². The van der Waals surface area contributed by atoms with E-state index in [-0.39, 0.29) is 48.1 Å². The highest BCUT2D eigenvalue weighted by Gasteiger charge is 2.35. The van der Waals surface area contributed by atoms with Gasteiger partial charge in [-0.3, -0.25) is 28.9 Å². The number of aliphatic hydroxyl groups is 1. The van der Waals surface area contributed by atoms with Gasteiger partial charge in [-0.05, 0) is 55.7 Å². The number of carbonyl (C=O) groups excluding carboxylic acids is 5. The molecule has 1 aliphatic rings. The number of hydrogen-bond donors (Lipinski definition) is 3. The minimum absolute atomic E-state index is 0.125. The average Bonchev–Trinajstić information content (AvgIpc) is 3.20. The Labute approximate surface area is 251 Å². The molecule has 1 heterocycles. The lowest BCUT2D eigenvalue weighted by molar-refractivity contribution is -0.126. The summed E-state index contributed by atoms with van der Waals surface area (Å²) in [5.74, 6) is -1.67. The van der Waals surface area contributed by atoms with Crippen molar-refractivity contribution in [2.45, 2.75) is 70.3 Å². The second-order valence-corrected chi connectivity index (χ2v) is 12.5. The lowest BCUT2D eigenvalue weighted by Gasteiger charge is -2.29. The molecule has 3 N–H and O–H groups in total. The van der Waals surface area contributed by atoms with Crippen molar-refractivity contribution in [3.63, 3.8) is 0 Å². The predicted molar refractivity (Wildman–Crippen MR) is 163 cm³/mol. The fourth-order valence-corrected chi connectivity index (χ4v) is 6.12. The summed E-state index contributed by atoms with van der Waals surface area (Å²) in [5, 5.41) is 15.9. The van der Waals surface area contributed by atoms with Crippen LogP contribution in [0.5, 0.6) is 0 Å². The van der Waals surface area contributed by atoms with Crippen molar-refractivity contribution in [2.24, 2.45) is 11.8 Å². The summed E-state index contributed by atoms with van der Waals surface area (Å²) >= 11 is 0.891. The zero-order valence-electron chi connectivity index (χ0n) is 24.7. The van der Waals surface area contributed by atoms with Crippen LogP contribution in [-0.2, 0) is 20.8 Å². The maximum Gasteiger partial charge on any atom is 0.261 e. The second kappa shape index (κ2) is 15.7. The van der Waals surface area contributed by atoms with Gasteiger partial charge in [-0.25, -0.2) is 0 Å². The van der Waals surface area contributed by atoms with Gasteiger partial charge < -0.3 is 15.7 Å². The van der Waals surface area contributed by atoms with E-state index in [9.17, 15) is 29.1 Å². The van der Waals surface area contributed by atoms with Gasteiger partial charge in [-0.15, -0.1) is 0 Å². The highest BCUT2D eigenvalue weighted by Crippen LogP contribution is 2.25. The molecule has 0 bridgehead atoms. The van der Waals surface area contributed by atoms with E-state index in [0.29, 0.717) is 30.4 Å². The van der Waals surface area contributed by atoms with Gasteiger partial charge in [0.2, 0.25) is 11.8 Å². The molecule has 0 saturated heterocycles. The van der Waals surface area contributed by atoms with E-state index in [1.54, 1.807) is 31.3 Å². The van der Waals surface area contributed by atoms with Crippen molar-refractivity contribution >= 4 is 40.5 Å². The molecule has 226 valence electrons.